The van der Waals surface area contributed by atoms with E-state index in [9.17, 15) is 0 Å². The number of ether oxygens (including phenoxy) is 1. The first-order valence-electron chi connectivity index (χ1n) is 4.97. The molecule has 0 aliphatic heterocycles. The molecule has 0 spiro atoms. The van der Waals surface area contributed by atoms with Crippen LogP contribution in [0.15, 0.2) is 18.2 Å². The molecule has 0 aromatic heterocycles. The summed E-state index contributed by atoms with van der Waals surface area (Å²) in [6.45, 7) is 2.58. The normalized spacial score (nSPS) is 11.2. The highest BCUT2D eigenvalue weighted by Gasteiger charge is 2.04. The van der Waals surface area contributed by atoms with Crippen LogP contribution in [0.4, 0.5) is 0 Å². The molecule has 82 valence electrons. The van der Waals surface area contributed by atoms with E-state index >= 15 is 0 Å². The van der Waals surface area contributed by atoms with Crippen molar-refractivity contribution in [3.8, 4) is 24.2 Å². The summed E-state index contributed by atoms with van der Waals surface area (Å²) in [6.07, 6.45) is 5.26. The first-order chi connectivity index (χ1) is 7.71. The number of methoxy groups -OCH3 is 1. The monoisotopic (exact) mass is 214 g/mol. The summed E-state index contributed by atoms with van der Waals surface area (Å²) in [5.74, 6) is 3.18. The molecule has 1 aromatic rings. The van der Waals surface area contributed by atoms with Crippen molar-refractivity contribution in [1.82, 2.24) is 5.32 Å². The van der Waals surface area contributed by atoms with Crippen LogP contribution in [0.5, 0.6) is 5.75 Å². The molecule has 1 atom stereocenters. The second kappa shape index (κ2) is 5.80. The summed E-state index contributed by atoms with van der Waals surface area (Å²) in [5, 5.41) is 12.0. The summed E-state index contributed by atoms with van der Waals surface area (Å²) < 4.78 is 5.12. The van der Waals surface area contributed by atoms with Crippen LogP contribution in [0.25, 0.3) is 0 Å². The van der Waals surface area contributed by atoms with E-state index in [-0.39, 0.29) is 6.04 Å². The topological polar surface area (TPSA) is 45.0 Å². The van der Waals surface area contributed by atoms with Crippen molar-refractivity contribution in [3.63, 3.8) is 0 Å². The molecule has 0 aliphatic rings. The molecule has 16 heavy (non-hydrogen) atoms. The highest BCUT2D eigenvalue weighted by molar-refractivity contribution is 5.45. The molecule has 0 aliphatic carbocycles. The molecule has 0 saturated heterocycles. The Hall–Kier alpha value is -1.97. The lowest BCUT2D eigenvalue weighted by Gasteiger charge is -2.09. The lowest BCUT2D eigenvalue weighted by molar-refractivity contribution is 0.412. The Morgan fingerprint density at radius 1 is 1.56 bits per heavy atom. The van der Waals surface area contributed by atoms with Gasteiger partial charge in [0, 0.05) is 6.54 Å². The van der Waals surface area contributed by atoms with E-state index in [0.717, 1.165) is 5.56 Å². The first-order valence-corrected chi connectivity index (χ1v) is 4.97. The van der Waals surface area contributed by atoms with E-state index in [2.05, 4.69) is 17.3 Å². The van der Waals surface area contributed by atoms with Gasteiger partial charge in [-0.15, -0.1) is 6.42 Å². The van der Waals surface area contributed by atoms with E-state index in [4.69, 9.17) is 16.4 Å². The molecule has 0 bridgehead atoms. The molecule has 3 nitrogen and oxygen atoms in total. The van der Waals surface area contributed by atoms with Gasteiger partial charge in [-0.1, -0.05) is 12.0 Å². The molecule has 0 heterocycles. The molecular formula is C13H14N2O. The van der Waals surface area contributed by atoms with Crippen molar-refractivity contribution in [2.24, 2.45) is 0 Å². The Labute approximate surface area is 96.0 Å². The number of nitrogens with zero attached hydrogens (tertiary/aromatic N) is 1. The summed E-state index contributed by atoms with van der Waals surface area (Å²) in [7, 11) is 1.55. The van der Waals surface area contributed by atoms with E-state index in [1.54, 1.807) is 13.2 Å². The minimum Gasteiger partial charge on any atom is -0.495 e. The maximum Gasteiger partial charge on any atom is 0.136 e. The Morgan fingerprint density at radius 3 is 2.88 bits per heavy atom. The van der Waals surface area contributed by atoms with Gasteiger partial charge in [0.1, 0.15) is 11.8 Å². The SMILES string of the molecule is C#CC(C)NCc1ccc(C#N)c(OC)c1. The van der Waals surface area contributed by atoms with Crippen molar-refractivity contribution < 1.29 is 4.74 Å². The summed E-state index contributed by atoms with van der Waals surface area (Å²) in [5.41, 5.74) is 1.58. The minimum absolute atomic E-state index is 0.0293. The van der Waals surface area contributed by atoms with Crippen LogP contribution in [-0.4, -0.2) is 13.2 Å². The number of nitrogens with one attached hydrogen (secondary N) is 1. The standard InChI is InChI=1S/C13H14N2O/c1-4-10(2)15-9-11-5-6-12(8-14)13(7-11)16-3/h1,5-7,10,15H,9H2,2-3H3. The molecule has 0 radical (unpaired) electrons. The maximum atomic E-state index is 8.82. The summed E-state index contributed by atoms with van der Waals surface area (Å²) >= 11 is 0. The zero-order valence-electron chi connectivity index (χ0n) is 9.45. The molecule has 0 saturated carbocycles. The van der Waals surface area contributed by atoms with Gasteiger partial charge < -0.3 is 4.74 Å². The van der Waals surface area contributed by atoms with Crippen LogP contribution in [0.1, 0.15) is 18.1 Å². The Kier molecular flexibility index (Phi) is 4.39. The number of hydrogen-bond acceptors (Lipinski definition) is 3. The Bertz CT molecular complexity index is 440. The van der Waals surface area contributed by atoms with Crippen LogP contribution in [0.2, 0.25) is 0 Å². The van der Waals surface area contributed by atoms with Gasteiger partial charge in [-0.2, -0.15) is 5.26 Å². The van der Waals surface area contributed by atoms with Crippen molar-refractivity contribution in [2.45, 2.75) is 19.5 Å². The van der Waals surface area contributed by atoms with E-state index in [1.807, 2.05) is 19.1 Å². The lowest BCUT2D eigenvalue weighted by atomic mass is 10.1. The molecular weight excluding hydrogens is 200 g/mol. The van der Waals surface area contributed by atoms with Gasteiger partial charge in [-0.05, 0) is 24.6 Å². The molecule has 1 rings (SSSR count). The lowest BCUT2D eigenvalue weighted by Crippen LogP contribution is -2.23. The zero-order valence-corrected chi connectivity index (χ0v) is 9.45. The average Bonchev–Trinajstić information content (AvgIpc) is 2.35. The fraction of sp³-hybridized carbons (Fsp3) is 0.308. The Morgan fingerprint density at radius 2 is 2.31 bits per heavy atom. The quantitative estimate of drug-likeness (QED) is 0.775. The van der Waals surface area contributed by atoms with Crippen molar-refractivity contribution in [3.05, 3.63) is 29.3 Å². The van der Waals surface area contributed by atoms with E-state index in [0.29, 0.717) is 17.9 Å². The van der Waals surface area contributed by atoms with E-state index in [1.165, 1.54) is 0 Å². The smallest absolute Gasteiger partial charge is 0.136 e. The molecule has 0 fully saturated rings. The maximum absolute atomic E-state index is 8.82. The van der Waals surface area contributed by atoms with Crippen LogP contribution in [0, 0.1) is 23.7 Å². The van der Waals surface area contributed by atoms with Gasteiger partial charge in [-0.3, -0.25) is 5.32 Å². The largest absolute Gasteiger partial charge is 0.495 e. The predicted octanol–water partition coefficient (Wildman–Crippen LogP) is 1.68. The highest BCUT2D eigenvalue weighted by atomic mass is 16.5. The third kappa shape index (κ3) is 3.02. The number of nitriles is 1. The minimum atomic E-state index is 0.0293. The van der Waals surface area contributed by atoms with Crippen LogP contribution in [0.3, 0.4) is 0 Å². The second-order valence-corrected chi connectivity index (χ2v) is 3.42. The molecule has 3 heteroatoms. The zero-order chi connectivity index (χ0) is 12.0. The predicted molar refractivity (Wildman–Crippen MR) is 62.8 cm³/mol. The third-order valence-corrected chi connectivity index (χ3v) is 2.25. The molecule has 1 unspecified atom stereocenters. The molecule has 1 N–H and O–H groups in total. The van der Waals surface area contributed by atoms with Gasteiger partial charge in [0.25, 0.3) is 0 Å². The summed E-state index contributed by atoms with van der Waals surface area (Å²) in [4.78, 5) is 0. The van der Waals surface area contributed by atoms with E-state index < -0.39 is 0 Å². The number of benzene rings is 1. The van der Waals surface area contributed by atoms with Gasteiger partial charge in [-0.25, -0.2) is 0 Å². The Balaban J connectivity index is 2.77. The average molecular weight is 214 g/mol. The first kappa shape index (κ1) is 12.1. The van der Waals surface area contributed by atoms with Crippen molar-refractivity contribution in [1.29, 1.82) is 5.26 Å². The van der Waals surface area contributed by atoms with Crippen LogP contribution < -0.4 is 10.1 Å². The number of terminal acetylenes is 1. The molecule has 0 amide bonds. The summed E-state index contributed by atoms with van der Waals surface area (Å²) in [6, 6.07) is 7.58. The van der Waals surface area contributed by atoms with Crippen molar-refractivity contribution >= 4 is 0 Å². The second-order valence-electron chi connectivity index (χ2n) is 3.42. The number of rotatable bonds is 4. The number of hydrogen-bond donors (Lipinski definition) is 1. The third-order valence-electron chi connectivity index (χ3n) is 2.25. The van der Waals surface area contributed by atoms with Crippen LogP contribution in [-0.2, 0) is 6.54 Å². The van der Waals surface area contributed by atoms with Gasteiger partial charge >= 0.3 is 0 Å². The van der Waals surface area contributed by atoms with Crippen molar-refractivity contribution in [2.75, 3.05) is 7.11 Å². The van der Waals surface area contributed by atoms with Gasteiger partial charge in [0.05, 0.1) is 18.7 Å². The molecule has 1 aromatic carbocycles. The van der Waals surface area contributed by atoms with Crippen LogP contribution >= 0.6 is 0 Å². The van der Waals surface area contributed by atoms with Gasteiger partial charge in [0.2, 0.25) is 0 Å². The fourth-order valence-corrected chi connectivity index (χ4v) is 1.27. The highest BCUT2D eigenvalue weighted by Crippen LogP contribution is 2.19. The van der Waals surface area contributed by atoms with Gasteiger partial charge in [0.15, 0.2) is 0 Å². The fourth-order valence-electron chi connectivity index (χ4n) is 1.27.